The van der Waals surface area contributed by atoms with Crippen LogP contribution in [0.1, 0.15) is 18.9 Å². The predicted molar refractivity (Wildman–Crippen MR) is 84.6 cm³/mol. The monoisotopic (exact) mass is 294 g/mol. The van der Waals surface area contributed by atoms with E-state index in [4.69, 9.17) is 4.74 Å². The van der Waals surface area contributed by atoms with Crippen molar-refractivity contribution in [3.8, 4) is 5.75 Å². The summed E-state index contributed by atoms with van der Waals surface area (Å²) in [6, 6.07) is 5.81. The molecule has 0 saturated heterocycles. The number of nitrogens with one attached hydrogen (secondary N) is 1. The van der Waals surface area contributed by atoms with E-state index in [9.17, 15) is 4.79 Å². The Morgan fingerprint density at radius 1 is 1.40 bits per heavy atom. The third kappa shape index (κ3) is 2.24. The molecular weight excluding hydrogens is 276 g/mol. The maximum Gasteiger partial charge on any atom is 0.253 e. The molecule has 0 amide bonds. The number of hydrogen-bond donors (Lipinski definition) is 1. The highest BCUT2D eigenvalue weighted by Crippen LogP contribution is 2.33. The molecule has 4 nitrogen and oxygen atoms in total. The van der Waals surface area contributed by atoms with Crippen molar-refractivity contribution < 1.29 is 4.74 Å². The second-order valence-electron chi connectivity index (χ2n) is 4.88. The maximum atomic E-state index is 12.2. The van der Waals surface area contributed by atoms with Gasteiger partial charge in [-0.2, -0.15) is 0 Å². The van der Waals surface area contributed by atoms with Crippen molar-refractivity contribution in [1.29, 1.82) is 0 Å². The van der Waals surface area contributed by atoms with Crippen LogP contribution in [0.5, 0.6) is 5.75 Å². The van der Waals surface area contributed by atoms with E-state index in [1.807, 2.05) is 18.2 Å². The van der Waals surface area contributed by atoms with Gasteiger partial charge in [0.05, 0.1) is 18.3 Å². The van der Waals surface area contributed by atoms with Gasteiger partial charge in [-0.15, -0.1) is 12.4 Å². The largest absolute Gasteiger partial charge is 0.497 e. The predicted octanol–water partition coefficient (Wildman–Crippen LogP) is 2.73. The number of pyridine rings is 1. The number of nitrogens with zero attached hydrogens (tertiary/aromatic N) is 1. The summed E-state index contributed by atoms with van der Waals surface area (Å²) < 4.78 is 5.30. The van der Waals surface area contributed by atoms with Gasteiger partial charge in [-0.25, -0.2) is 0 Å². The van der Waals surface area contributed by atoms with Crippen LogP contribution in [-0.2, 0) is 6.42 Å². The van der Waals surface area contributed by atoms with Crippen molar-refractivity contribution in [3.05, 3.63) is 34.1 Å². The third-order valence-corrected chi connectivity index (χ3v) is 3.84. The van der Waals surface area contributed by atoms with Crippen LogP contribution in [0, 0.1) is 0 Å². The Balaban J connectivity index is 0.00000147. The van der Waals surface area contributed by atoms with E-state index in [2.05, 4.69) is 16.8 Å². The number of hydrogen-bond acceptors (Lipinski definition) is 3. The number of halogens is 1. The molecule has 0 unspecified atom stereocenters. The highest BCUT2D eigenvalue weighted by Gasteiger charge is 2.21. The van der Waals surface area contributed by atoms with Crippen LogP contribution in [0.4, 0.5) is 5.69 Å². The Bertz CT molecular complexity index is 681. The molecule has 108 valence electrons. The van der Waals surface area contributed by atoms with Gasteiger partial charge in [-0.1, -0.05) is 0 Å². The Morgan fingerprint density at radius 2 is 2.20 bits per heavy atom. The molecule has 1 N–H and O–H groups in total. The molecular formula is C15H19ClN2O2. The summed E-state index contributed by atoms with van der Waals surface area (Å²) in [4.78, 5) is 17.4. The fourth-order valence-electron chi connectivity index (χ4n) is 2.89. The zero-order chi connectivity index (χ0) is 13.4. The summed E-state index contributed by atoms with van der Waals surface area (Å²) in [5.74, 6) is 0.823. The summed E-state index contributed by atoms with van der Waals surface area (Å²) in [5, 5.41) is 1.08. The second-order valence-corrected chi connectivity index (χ2v) is 4.88. The molecule has 0 fully saturated rings. The quantitative estimate of drug-likeness (QED) is 0.926. The Hall–Kier alpha value is -1.68. The van der Waals surface area contributed by atoms with Crippen LogP contribution >= 0.6 is 12.4 Å². The van der Waals surface area contributed by atoms with Gasteiger partial charge in [0.2, 0.25) is 0 Å². The molecule has 0 aliphatic carbocycles. The minimum atomic E-state index is 0. The lowest BCUT2D eigenvalue weighted by molar-refractivity contribution is 0.415. The van der Waals surface area contributed by atoms with E-state index in [1.54, 1.807) is 7.11 Å². The zero-order valence-electron chi connectivity index (χ0n) is 11.7. The summed E-state index contributed by atoms with van der Waals surface area (Å²) in [6.45, 7) is 4.06. The van der Waals surface area contributed by atoms with Gasteiger partial charge in [0.1, 0.15) is 5.75 Å². The fourth-order valence-corrected chi connectivity index (χ4v) is 2.89. The van der Waals surface area contributed by atoms with E-state index in [1.165, 1.54) is 0 Å². The lowest BCUT2D eigenvalue weighted by Crippen LogP contribution is -2.33. The first-order chi connectivity index (χ1) is 9.24. The second kappa shape index (κ2) is 5.75. The summed E-state index contributed by atoms with van der Waals surface area (Å²) in [7, 11) is 1.66. The lowest BCUT2D eigenvalue weighted by Gasteiger charge is -2.31. The minimum absolute atomic E-state index is 0. The standard InChI is InChI=1S/C15H18N2O2.ClH/c1-3-17-8-4-5-11-14(17)12-9-10(19-2)6-7-13(12)16-15(11)18;/h6-7,9H,3-5,8H2,1-2H3,(H,16,18);1H. The van der Waals surface area contributed by atoms with Gasteiger partial charge in [0, 0.05) is 24.0 Å². The molecule has 0 radical (unpaired) electrons. The molecule has 2 aromatic rings. The SMILES string of the molecule is CCN1CCCc2c1c1cc(OC)ccc1[nH]c2=O.Cl. The van der Waals surface area contributed by atoms with Gasteiger partial charge >= 0.3 is 0 Å². The third-order valence-electron chi connectivity index (χ3n) is 3.84. The molecule has 0 bridgehead atoms. The lowest BCUT2D eigenvalue weighted by atomic mass is 9.99. The smallest absolute Gasteiger partial charge is 0.253 e. The van der Waals surface area contributed by atoms with Crippen molar-refractivity contribution in [1.82, 2.24) is 4.98 Å². The Labute approximate surface area is 124 Å². The van der Waals surface area contributed by atoms with E-state index < -0.39 is 0 Å². The molecule has 1 aromatic carbocycles. The van der Waals surface area contributed by atoms with Crippen LogP contribution in [0.15, 0.2) is 23.0 Å². The van der Waals surface area contributed by atoms with Crippen LogP contribution in [0.3, 0.4) is 0 Å². The van der Waals surface area contributed by atoms with Gasteiger partial charge in [-0.3, -0.25) is 4.79 Å². The van der Waals surface area contributed by atoms with E-state index in [0.29, 0.717) is 0 Å². The molecule has 1 aliphatic rings. The molecule has 2 heterocycles. The number of benzene rings is 1. The zero-order valence-corrected chi connectivity index (χ0v) is 12.5. The minimum Gasteiger partial charge on any atom is -0.497 e. The summed E-state index contributed by atoms with van der Waals surface area (Å²) in [6.07, 6.45) is 1.90. The van der Waals surface area contributed by atoms with Crippen molar-refractivity contribution >= 4 is 29.0 Å². The van der Waals surface area contributed by atoms with E-state index in [0.717, 1.165) is 53.8 Å². The normalized spacial score (nSPS) is 13.8. The number of ether oxygens (including phenoxy) is 1. The topological polar surface area (TPSA) is 45.3 Å². The molecule has 0 spiro atoms. The van der Waals surface area contributed by atoms with Crippen LogP contribution in [0.2, 0.25) is 0 Å². The Morgan fingerprint density at radius 3 is 2.90 bits per heavy atom. The first-order valence-corrected chi connectivity index (χ1v) is 6.72. The molecule has 0 saturated carbocycles. The molecule has 20 heavy (non-hydrogen) atoms. The molecule has 0 atom stereocenters. The van der Waals surface area contributed by atoms with Crippen LogP contribution < -0.4 is 15.2 Å². The fraction of sp³-hybridized carbons (Fsp3) is 0.400. The van der Waals surface area contributed by atoms with Crippen molar-refractivity contribution in [2.24, 2.45) is 0 Å². The molecule has 3 rings (SSSR count). The average Bonchev–Trinajstić information content (AvgIpc) is 2.46. The van der Waals surface area contributed by atoms with Crippen LogP contribution in [0.25, 0.3) is 10.9 Å². The number of aromatic nitrogens is 1. The highest BCUT2D eigenvalue weighted by atomic mass is 35.5. The number of fused-ring (bicyclic) bond motifs is 3. The van der Waals surface area contributed by atoms with Gasteiger partial charge in [0.25, 0.3) is 5.56 Å². The summed E-state index contributed by atoms with van der Waals surface area (Å²) >= 11 is 0. The first-order valence-electron chi connectivity index (χ1n) is 6.72. The highest BCUT2D eigenvalue weighted by molar-refractivity contribution is 5.94. The van der Waals surface area contributed by atoms with E-state index in [-0.39, 0.29) is 18.0 Å². The molecule has 1 aromatic heterocycles. The molecule has 1 aliphatic heterocycles. The van der Waals surface area contributed by atoms with E-state index >= 15 is 0 Å². The van der Waals surface area contributed by atoms with Gasteiger partial charge in [0.15, 0.2) is 0 Å². The molecule has 5 heteroatoms. The summed E-state index contributed by atoms with van der Waals surface area (Å²) in [5.41, 5.74) is 2.93. The number of methoxy groups -OCH3 is 1. The van der Waals surface area contributed by atoms with Crippen molar-refractivity contribution in [3.63, 3.8) is 0 Å². The van der Waals surface area contributed by atoms with Crippen LogP contribution in [-0.4, -0.2) is 25.2 Å². The van der Waals surface area contributed by atoms with Crippen molar-refractivity contribution in [2.45, 2.75) is 19.8 Å². The Kier molecular flexibility index (Phi) is 4.23. The number of H-pyrrole nitrogens is 1. The maximum absolute atomic E-state index is 12.2. The first kappa shape index (κ1) is 14.7. The van der Waals surface area contributed by atoms with Gasteiger partial charge in [-0.05, 0) is 38.0 Å². The average molecular weight is 295 g/mol. The number of anilines is 1. The van der Waals surface area contributed by atoms with Gasteiger partial charge < -0.3 is 14.6 Å². The number of aromatic amines is 1. The van der Waals surface area contributed by atoms with Crippen molar-refractivity contribution in [2.75, 3.05) is 25.1 Å². The number of rotatable bonds is 2.